The molecule has 1 rings (SSSR count). The molecule has 1 atom stereocenters. The molecule has 1 aromatic rings. The van der Waals surface area contributed by atoms with E-state index in [-0.39, 0.29) is 17.8 Å². The smallest absolute Gasteiger partial charge is 0.239 e. The third-order valence-corrected chi connectivity index (χ3v) is 2.97. The van der Waals surface area contributed by atoms with Crippen LogP contribution in [0.15, 0.2) is 6.20 Å². The van der Waals surface area contributed by atoms with E-state index in [9.17, 15) is 4.39 Å². The number of nitrogens with two attached hydrogens (primary N) is 1. The predicted octanol–water partition coefficient (Wildman–Crippen LogP) is 1.45. The first-order valence-corrected chi connectivity index (χ1v) is 6.16. The van der Waals surface area contributed by atoms with E-state index in [0.717, 1.165) is 17.7 Å². The second-order valence-electron chi connectivity index (χ2n) is 3.24. The third kappa shape index (κ3) is 3.82. The highest BCUT2D eigenvalue weighted by molar-refractivity contribution is 7.99. The Hall–Kier alpha value is -1.08. The molecule has 0 fully saturated rings. The fourth-order valence-corrected chi connectivity index (χ4v) is 1.78. The summed E-state index contributed by atoms with van der Waals surface area (Å²) in [6.07, 6.45) is 1.09. The van der Waals surface area contributed by atoms with Gasteiger partial charge in [0, 0.05) is 11.8 Å². The topological polar surface area (TPSA) is 75.9 Å². The summed E-state index contributed by atoms with van der Waals surface area (Å²) in [5.41, 5.74) is 2.28. The Morgan fingerprint density at radius 2 is 2.38 bits per heavy atom. The standard InChI is InChI=1S/C9H16FN5S/c1-3-16-5-6(2)13-8-7(10)4-12-9(14-8)15-11/h4,6H,3,5,11H2,1-2H3,(H2,12,13,14,15). The van der Waals surface area contributed by atoms with Crippen LogP contribution in [0.3, 0.4) is 0 Å². The van der Waals surface area contributed by atoms with E-state index in [4.69, 9.17) is 5.84 Å². The average molecular weight is 245 g/mol. The first-order chi connectivity index (χ1) is 7.67. The quantitative estimate of drug-likeness (QED) is 0.520. The van der Waals surface area contributed by atoms with Gasteiger partial charge in [-0.2, -0.15) is 16.7 Å². The number of nitrogen functional groups attached to an aromatic ring is 1. The molecule has 16 heavy (non-hydrogen) atoms. The molecule has 4 N–H and O–H groups in total. The van der Waals surface area contributed by atoms with E-state index in [1.54, 1.807) is 11.8 Å². The molecule has 0 aliphatic heterocycles. The number of thioether (sulfide) groups is 1. The fraction of sp³-hybridized carbons (Fsp3) is 0.556. The van der Waals surface area contributed by atoms with Crippen LogP contribution in [0.25, 0.3) is 0 Å². The SMILES string of the molecule is CCSCC(C)Nc1nc(NN)ncc1F. The van der Waals surface area contributed by atoms with E-state index in [2.05, 4.69) is 27.6 Å². The number of hydrogen-bond acceptors (Lipinski definition) is 6. The first kappa shape index (κ1) is 13.0. The van der Waals surface area contributed by atoms with Crippen LogP contribution in [-0.2, 0) is 0 Å². The number of nitrogens with one attached hydrogen (secondary N) is 2. The lowest BCUT2D eigenvalue weighted by Crippen LogP contribution is -2.21. The van der Waals surface area contributed by atoms with Gasteiger partial charge in [0.05, 0.1) is 6.20 Å². The third-order valence-electron chi connectivity index (χ3n) is 1.83. The van der Waals surface area contributed by atoms with Crippen molar-refractivity contribution in [3.8, 4) is 0 Å². The van der Waals surface area contributed by atoms with Crippen LogP contribution in [0.1, 0.15) is 13.8 Å². The van der Waals surface area contributed by atoms with Crippen molar-refractivity contribution < 1.29 is 4.39 Å². The second kappa shape index (κ2) is 6.49. The molecule has 5 nitrogen and oxygen atoms in total. The van der Waals surface area contributed by atoms with Crippen LogP contribution in [0.4, 0.5) is 16.2 Å². The summed E-state index contributed by atoms with van der Waals surface area (Å²) >= 11 is 1.78. The van der Waals surface area contributed by atoms with Crippen molar-refractivity contribution in [2.24, 2.45) is 5.84 Å². The molecule has 0 spiro atoms. The number of hydrazine groups is 1. The van der Waals surface area contributed by atoms with Crippen molar-refractivity contribution in [3.05, 3.63) is 12.0 Å². The van der Waals surface area contributed by atoms with Crippen LogP contribution in [0.2, 0.25) is 0 Å². The molecule has 1 aromatic heterocycles. The lowest BCUT2D eigenvalue weighted by molar-refractivity contribution is 0.615. The molecule has 1 unspecified atom stereocenters. The highest BCUT2D eigenvalue weighted by Gasteiger charge is 2.09. The molecular formula is C9H16FN5S. The number of aromatic nitrogens is 2. The Bertz CT molecular complexity index is 336. The van der Waals surface area contributed by atoms with Gasteiger partial charge < -0.3 is 5.32 Å². The average Bonchev–Trinajstić information content (AvgIpc) is 2.29. The number of nitrogens with zero attached hydrogens (tertiary/aromatic N) is 2. The van der Waals surface area contributed by atoms with Crippen molar-refractivity contribution in [1.29, 1.82) is 0 Å². The normalized spacial score (nSPS) is 12.2. The van der Waals surface area contributed by atoms with Crippen LogP contribution in [-0.4, -0.2) is 27.5 Å². The molecular weight excluding hydrogens is 229 g/mol. The first-order valence-electron chi connectivity index (χ1n) is 5.00. The molecule has 0 saturated heterocycles. The molecule has 0 bridgehead atoms. The maximum absolute atomic E-state index is 13.3. The maximum atomic E-state index is 13.3. The molecule has 90 valence electrons. The van der Waals surface area contributed by atoms with Gasteiger partial charge in [0.2, 0.25) is 5.95 Å². The molecule has 7 heteroatoms. The summed E-state index contributed by atoms with van der Waals surface area (Å²) < 4.78 is 13.3. The minimum absolute atomic E-state index is 0.139. The molecule has 0 radical (unpaired) electrons. The Morgan fingerprint density at radius 1 is 1.62 bits per heavy atom. The van der Waals surface area contributed by atoms with Gasteiger partial charge in [-0.15, -0.1) is 0 Å². The Labute approximate surface area is 98.4 Å². The summed E-state index contributed by atoms with van der Waals surface area (Å²) in [6, 6.07) is 0.139. The summed E-state index contributed by atoms with van der Waals surface area (Å²) in [6.45, 7) is 4.05. The van der Waals surface area contributed by atoms with Gasteiger partial charge in [0.25, 0.3) is 0 Å². The second-order valence-corrected chi connectivity index (χ2v) is 4.56. The molecule has 0 aliphatic carbocycles. The number of halogens is 1. The molecule has 0 saturated carbocycles. The van der Waals surface area contributed by atoms with Gasteiger partial charge >= 0.3 is 0 Å². The Balaban J connectivity index is 2.64. The fourth-order valence-electron chi connectivity index (χ4n) is 1.11. The van der Waals surface area contributed by atoms with Crippen molar-refractivity contribution in [3.63, 3.8) is 0 Å². The van der Waals surface area contributed by atoms with E-state index in [1.165, 1.54) is 0 Å². The monoisotopic (exact) mass is 245 g/mol. The van der Waals surface area contributed by atoms with Crippen molar-refractivity contribution in [1.82, 2.24) is 9.97 Å². The Kier molecular flexibility index (Phi) is 5.27. The highest BCUT2D eigenvalue weighted by Crippen LogP contribution is 2.14. The largest absolute Gasteiger partial charge is 0.364 e. The zero-order chi connectivity index (χ0) is 12.0. The van der Waals surface area contributed by atoms with Gasteiger partial charge in [-0.05, 0) is 12.7 Å². The van der Waals surface area contributed by atoms with Crippen molar-refractivity contribution in [2.45, 2.75) is 19.9 Å². The van der Waals surface area contributed by atoms with Gasteiger partial charge in [-0.3, -0.25) is 5.43 Å². The summed E-state index contributed by atoms with van der Waals surface area (Å²) in [5, 5.41) is 2.98. The van der Waals surface area contributed by atoms with Gasteiger partial charge in [-0.25, -0.2) is 15.2 Å². The highest BCUT2D eigenvalue weighted by atomic mass is 32.2. The number of anilines is 2. The van der Waals surface area contributed by atoms with Crippen LogP contribution in [0, 0.1) is 5.82 Å². The number of hydrogen-bond donors (Lipinski definition) is 3. The molecule has 0 aromatic carbocycles. The molecule has 0 aliphatic rings. The molecule has 0 amide bonds. The predicted molar refractivity (Wildman–Crippen MR) is 65.9 cm³/mol. The van der Waals surface area contributed by atoms with E-state index in [0.29, 0.717) is 0 Å². The van der Waals surface area contributed by atoms with Crippen molar-refractivity contribution in [2.75, 3.05) is 22.2 Å². The zero-order valence-corrected chi connectivity index (χ0v) is 10.1. The maximum Gasteiger partial charge on any atom is 0.239 e. The van der Waals surface area contributed by atoms with Crippen LogP contribution >= 0.6 is 11.8 Å². The van der Waals surface area contributed by atoms with Crippen molar-refractivity contribution >= 4 is 23.5 Å². The van der Waals surface area contributed by atoms with Gasteiger partial charge in [0.15, 0.2) is 11.6 Å². The van der Waals surface area contributed by atoms with Gasteiger partial charge in [0.1, 0.15) is 0 Å². The summed E-state index contributed by atoms with van der Waals surface area (Å²) in [4.78, 5) is 7.56. The van der Waals surface area contributed by atoms with Gasteiger partial charge in [-0.1, -0.05) is 6.92 Å². The Morgan fingerprint density at radius 3 is 3.00 bits per heavy atom. The minimum atomic E-state index is -0.479. The molecule has 1 heterocycles. The number of rotatable bonds is 6. The minimum Gasteiger partial charge on any atom is -0.364 e. The van der Waals surface area contributed by atoms with E-state index < -0.39 is 5.82 Å². The lowest BCUT2D eigenvalue weighted by atomic mass is 10.4. The van der Waals surface area contributed by atoms with E-state index in [1.807, 2.05) is 6.92 Å². The van der Waals surface area contributed by atoms with E-state index >= 15 is 0 Å². The summed E-state index contributed by atoms with van der Waals surface area (Å²) in [5.74, 6) is 6.97. The zero-order valence-electron chi connectivity index (χ0n) is 9.33. The van der Waals surface area contributed by atoms with Crippen LogP contribution < -0.4 is 16.6 Å². The summed E-state index contributed by atoms with van der Waals surface area (Å²) in [7, 11) is 0. The lowest BCUT2D eigenvalue weighted by Gasteiger charge is -2.14. The van der Waals surface area contributed by atoms with Crippen LogP contribution in [0.5, 0.6) is 0 Å².